The maximum atomic E-state index is 6.81. The van der Waals surface area contributed by atoms with E-state index in [0.29, 0.717) is 11.8 Å². The van der Waals surface area contributed by atoms with Crippen molar-refractivity contribution >= 4 is 44.1 Å². The second-order valence-corrected chi connectivity index (χ2v) is 13.6. The van der Waals surface area contributed by atoms with Gasteiger partial charge in [-0.2, -0.15) is 4.57 Å². The second kappa shape index (κ2) is 9.57. The first-order chi connectivity index (χ1) is 20.5. The molecular formula is C38H40N3O2+. The zero-order valence-electron chi connectivity index (χ0n) is 26.7. The number of aromatic nitrogens is 3. The van der Waals surface area contributed by atoms with Crippen molar-refractivity contribution in [1.82, 2.24) is 9.55 Å². The molecule has 0 amide bonds. The van der Waals surface area contributed by atoms with Crippen molar-refractivity contribution in [2.24, 2.45) is 7.05 Å². The lowest BCUT2D eigenvalue weighted by Gasteiger charge is -2.18. The monoisotopic (exact) mass is 570 g/mol. The molecule has 7 aromatic rings. The minimum Gasteiger partial charge on any atom is -0.455 e. The molecule has 0 saturated heterocycles. The highest BCUT2D eigenvalue weighted by Gasteiger charge is 2.33. The quantitative estimate of drug-likeness (QED) is 0.198. The van der Waals surface area contributed by atoms with Crippen LogP contribution in [-0.4, -0.2) is 9.55 Å². The predicted molar refractivity (Wildman–Crippen MR) is 176 cm³/mol. The average Bonchev–Trinajstić information content (AvgIpc) is 3.63. The van der Waals surface area contributed by atoms with Crippen LogP contribution in [0.3, 0.4) is 0 Å². The number of imidazole rings is 1. The van der Waals surface area contributed by atoms with E-state index >= 15 is 0 Å². The van der Waals surface area contributed by atoms with Crippen molar-refractivity contribution in [2.75, 3.05) is 0 Å². The standard InChI is InChI=1S/C38H40N3O2/c1-21(2)24-13-12-14-25(22(3)4)34(24)41-30-16-11-10-15-29(30)40(9)36(41)33-23(5)17-18-26-27-19-32-28(20-31(27)42-35(26)33)39-37(43-32)38(6,7)8/h10-22H,1-9H3/q+1. The Balaban J connectivity index is 1.61. The summed E-state index contributed by atoms with van der Waals surface area (Å²) in [6.45, 7) is 17.7. The highest BCUT2D eigenvalue weighted by molar-refractivity contribution is 6.12. The van der Waals surface area contributed by atoms with Gasteiger partial charge in [-0.05, 0) is 42.5 Å². The van der Waals surface area contributed by atoms with Crippen LogP contribution in [0.15, 0.2) is 75.6 Å². The van der Waals surface area contributed by atoms with Gasteiger partial charge in [0.05, 0.1) is 7.05 Å². The smallest absolute Gasteiger partial charge is 0.299 e. The third-order valence-corrected chi connectivity index (χ3v) is 8.80. The van der Waals surface area contributed by atoms with Crippen LogP contribution >= 0.6 is 0 Å². The lowest BCUT2D eigenvalue weighted by Crippen LogP contribution is -2.30. The summed E-state index contributed by atoms with van der Waals surface area (Å²) < 4.78 is 17.9. The molecule has 0 spiro atoms. The highest BCUT2D eigenvalue weighted by Crippen LogP contribution is 2.42. The van der Waals surface area contributed by atoms with Gasteiger partial charge in [-0.1, -0.05) is 90.9 Å². The lowest BCUT2D eigenvalue weighted by atomic mass is 9.92. The van der Waals surface area contributed by atoms with Gasteiger partial charge in [0.15, 0.2) is 22.2 Å². The van der Waals surface area contributed by atoms with Crippen molar-refractivity contribution in [2.45, 2.75) is 72.6 Å². The molecule has 5 heteroatoms. The Bertz CT molecular complexity index is 2170. The van der Waals surface area contributed by atoms with Gasteiger partial charge in [0, 0.05) is 33.4 Å². The minimum atomic E-state index is -0.171. The topological polar surface area (TPSA) is 48.0 Å². The molecule has 0 radical (unpaired) electrons. The number of benzene rings is 4. The van der Waals surface area contributed by atoms with Gasteiger partial charge < -0.3 is 8.83 Å². The fourth-order valence-corrected chi connectivity index (χ4v) is 6.55. The zero-order chi connectivity index (χ0) is 30.4. The number of rotatable bonds is 4. The predicted octanol–water partition coefficient (Wildman–Crippen LogP) is 10.0. The van der Waals surface area contributed by atoms with Crippen molar-refractivity contribution in [1.29, 1.82) is 0 Å². The Morgan fingerprint density at radius 3 is 2.16 bits per heavy atom. The summed E-state index contributed by atoms with van der Waals surface area (Å²) in [5.74, 6) is 2.56. The molecule has 5 nitrogen and oxygen atoms in total. The van der Waals surface area contributed by atoms with Crippen molar-refractivity contribution in [3.63, 3.8) is 0 Å². The highest BCUT2D eigenvalue weighted by atomic mass is 16.4. The molecule has 7 rings (SSSR count). The molecule has 0 unspecified atom stereocenters. The first-order valence-corrected chi connectivity index (χ1v) is 15.4. The first kappa shape index (κ1) is 27.5. The second-order valence-electron chi connectivity index (χ2n) is 13.6. The summed E-state index contributed by atoms with van der Waals surface area (Å²) in [5, 5.41) is 2.11. The van der Waals surface area contributed by atoms with Gasteiger partial charge in [-0.15, -0.1) is 0 Å². The summed E-state index contributed by atoms with van der Waals surface area (Å²) in [6.07, 6.45) is 0. The van der Waals surface area contributed by atoms with E-state index in [9.17, 15) is 0 Å². The van der Waals surface area contributed by atoms with Gasteiger partial charge in [0.2, 0.25) is 5.89 Å². The minimum absolute atomic E-state index is 0.171. The molecule has 0 N–H and O–H groups in total. The molecule has 43 heavy (non-hydrogen) atoms. The van der Waals surface area contributed by atoms with Crippen LogP contribution in [-0.2, 0) is 12.5 Å². The van der Waals surface area contributed by atoms with Crippen LogP contribution < -0.4 is 4.57 Å². The summed E-state index contributed by atoms with van der Waals surface area (Å²) in [6, 6.07) is 24.0. The van der Waals surface area contributed by atoms with Crippen molar-refractivity contribution in [3.8, 4) is 17.1 Å². The molecule has 3 heterocycles. The molecule has 0 saturated carbocycles. The molecule has 4 aromatic carbocycles. The Morgan fingerprint density at radius 1 is 0.791 bits per heavy atom. The van der Waals surface area contributed by atoms with E-state index in [2.05, 4.69) is 132 Å². The van der Waals surface area contributed by atoms with Gasteiger partial charge in [-0.25, -0.2) is 9.55 Å². The molecule has 0 aliphatic heterocycles. The number of fused-ring (bicyclic) bond motifs is 5. The van der Waals surface area contributed by atoms with Gasteiger partial charge in [0.25, 0.3) is 5.82 Å². The van der Waals surface area contributed by atoms with E-state index in [1.54, 1.807) is 0 Å². The third kappa shape index (κ3) is 4.12. The van der Waals surface area contributed by atoms with E-state index in [0.717, 1.165) is 55.9 Å². The fourth-order valence-electron chi connectivity index (χ4n) is 6.55. The van der Waals surface area contributed by atoms with Crippen LogP contribution in [0.4, 0.5) is 0 Å². The maximum absolute atomic E-state index is 6.81. The normalized spacial score (nSPS) is 12.7. The first-order valence-electron chi connectivity index (χ1n) is 15.4. The number of furan rings is 1. The molecular weight excluding hydrogens is 530 g/mol. The van der Waals surface area contributed by atoms with Gasteiger partial charge in [-0.3, -0.25) is 0 Å². The van der Waals surface area contributed by atoms with Crippen LogP contribution in [0, 0.1) is 6.92 Å². The number of nitrogens with zero attached hydrogens (tertiary/aromatic N) is 3. The summed E-state index contributed by atoms with van der Waals surface area (Å²) in [7, 11) is 2.17. The van der Waals surface area contributed by atoms with Crippen molar-refractivity contribution < 1.29 is 13.4 Å². The van der Waals surface area contributed by atoms with Crippen molar-refractivity contribution in [3.05, 3.63) is 89.3 Å². The molecule has 218 valence electrons. The number of hydrogen-bond donors (Lipinski definition) is 0. The van der Waals surface area contributed by atoms with E-state index in [4.69, 9.17) is 13.8 Å². The van der Waals surface area contributed by atoms with Crippen LogP contribution in [0.1, 0.15) is 82.9 Å². The van der Waals surface area contributed by atoms with Gasteiger partial charge >= 0.3 is 0 Å². The lowest BCUT2D eigenvalue weighted by molar-refractivity contribution is -0.633. The summed E-state index contributed by atoms with van der Waals surface area (Å²) in [4.78, 5) is 4.82. The Kier molecular flexibility index (Phi) is 6.11. The largest absolute Gasteiger partial charge is 0.455 e. The SMILES string of the molecule is Cc1ccc2c(oc3cc4nc(C(C)(C)C)oc4cc32)c1-c1n(-c2c(C(C)C)cccc2C(C)C)c2ccccc2[n+]1C. The Morgan fingerprint density at radius 2 is 1.49 bits per heavy atom. The van der Waals surface area contributed by atoms with Crippen LogP contribution in [0.5, 0.6) is 0 Å². The average molecular weight is 571 g/mol. The molecule has 0 aliphatic carbocycles. The number of aryl methyl sites for hydroxylation is 2. The fraction of sp³-hybridized carbons (Fsp3) is 0.316. The number of oxazole rings is 1. The molecule has 0 fully saturated rings. The van der Waals surface area contributed by atoms with Gasteiger partial charge in [0.1, 0.15) is 22.4 Å². The molecule has 0 atom stereocenters. The molecule has 3 aromatic heterocycles. The molecule has 0 aliphatic rings. The molecule has 0 bridgehead atoms. The summed E-state index contributed by atoms with van der Waals surface area (Å²) in [5.41, 5.74) is 11.7. The van der Waals surface area contributed by atoms with E-state index in [1.807, 2.05) is 6.07 Å². The van der Waals surface area contributed by atoms with E-state index in [-0.39, 0.29) is 5.41 Å². The van der Waals surface area contributed by atoms with Crippen LogP contribution in [0.25, 0.3) is 61.1 Å². The van der Waals surface area contributed by atoms with E-state index < -0.39 is 0 Å². The zero-order valence-corrected chi connectivity index (χ0v) is 26.7. The Labute approximate surface area is 252 Å². The van der Waals surface area contributed by atoms with E-state index in [1.165, 1.54) is 27.8 Å². The maximum Gasteiger partial charge on any atom is 0.299 e. The third-order valence-electron chi connectivity index (χ3n) is 8.80. The van der Waals surface area contributed by atoms with Crippen LogP contribution in [0.2, 0.25) is 0 Å². The Hall–Kier alpha value is -4.38. The summed E-state index contributed by atoms with van der Waals surface area (Å²) >= 11 is 0. The number of para-hydroxylation sites is 3. The number of hydrogen-bond acceptors (Lipinski definition) is 3.